The Hall–Kier alpha value is -0.600. The fraction of sp³-hybridized carbons (Fsp3) is 0.500. The lowest BCUT2D eigenvalue weighted by Gasteiger charge is -2.04. The van der Waals surface area contributed by atoms with Crippen LogP contribution in [0.25, 0.3) is 5.57 Å². The largest absolute Gasteiger partial charge is 0.316 e. The van der Waals surface area contributed by atoms with Gasteiger partial charge in [0.25, 0.3) is 0 Å². The quantitative estimate of drug-likeness (QED) is 0.746. The Bertz CT molecular complexity index is 326. The van der Waals surface area contributed by atoms with E-state index in [4.69, 9.17) is 0 Å². The average molecular weight is 207 g/mol. The first kappa shape index (κ1) is 9.94. The maximum atomic E-state index is 3.45. The summed E-state index contributed by atoms with van der Waals surface area (Å²) in [5, 5.41) is 5.62. The van der Waals surface area contributed by atoms with Crippen molar-refractivity contribution in [3.63, 3.8) is 0 Å². The standard InChI is InChI=1S/C11H13NS.CH4/c1-2-11(13-3-1)8-4-9-6-12-7-10(9)5-8;/h1-4,9-10,12H,5-7H2;1H4. The van der Waals surface area contributed by atoms with E-state index in [0.29, 0.717) is 0 Å². The summed E-state index contributed by atoms with van der Waals surface area (Å²) in [6.07, 6.45) is 3.77. The molecular weight excluding hydrogens is 190 g/mol. The SMILES string of the molecule is C.C1=C(c2cccs2)CC2CNCC12. The summed E-state index contributed by atoms with van der Waals surface area (Å²) >= 11 is 1.87. The van der Waals surface area contributed by atoms with Crippen molar-refractivity contribution in [3.8, 4) is 0 Å². The van der Waals surface area contributed by atoms with Gasteiger partial charge in [0.1, 0.15) is 0 Å². The second-order valence-electron chi connectivity index (χ2n) is 3.96. The number of allylic oxidation sites excluding steroid dienone is 1. The van der Waals surface area contributed by atoms with Crippen molar-refractivity contribution >= 4 is 16.9 Å². The van der Waals surface area contributed by atoms with E-state index in [1.165, 1.54) is 24.4 Å². The van der Waals surface area contributed by atoms with Gasteiger partial charge >= 0.3 is 0 Å². The molecule has 14 heavy (non-hydrogen) atoms. The fourth-order valence-electron chi connectivity index (χ4n) is 2.42. The molecule has 2 atom stereocenters. The van der Waals surface area contributed by atoms with Gasteiger partial charge in [0.2, 0.25) is 0 Å². The molecule has 2 heterocycles. The zero-order chi connectivity index (χ0) is 8.67. The number of rotatable bonds is 1. The smallest absolute Gasteiger partial charge is 0.0299 e. The van der Waals surface area contributed by atoms with Gasteiger partial charge in [-0.2, -0.15) is 0 Å². The van der Waals surface area contributed by atoms with Crippen LogP contribution in [-0.2, 0) is 0 Å². The van der Waals surface area contributed by atoms with Crippen LogP contribution < -0.4 is 5.32 Å². The molecule has 2 heteroatoms. The van der Waals surface area contributed by atoms with E-state index < -0.39 is 0 Å². The number of hydrogen-bond donors (Lipinski definition) is 1. The van der Waals surface area contributed by atoms with Crippen LogP contribution in [0.4, 0.5) is 0 Å². The van der Waals surface area contributed by atoms with E-state index in [0.717, 1.165) is 11.8 Å². The highest BCUT2D eigenvalue weighted by atomic mass is 32.1. The van der Waals surface area contributed by atoms with Crippen molar-refractivity contribution in [2.75, 3.05) is 13.1 Å². The fourth-order valence-corrected chi connectivity index (χ4v) is 3.19. The van der Waals surface area contributed by atoms with Gasteiger partial charge in [-0.3, -0.25) is 0 Å². The molecule has 0 saturated carbocycles. The molecule has 1 aromatic heterocycles. The number of thiophene rings is 1. The highest BCUT2D eigenvalue weighted by Gasteiger charge is 2.31. The normalized spacial score (nSPS) is 29.6. The third kappa shape index (κ3) is 1.53. The molecule has 76 valence electrons. The molecule has 1 aliphatic carbocycles. The molecular formula is C12H17NS. The Labute approximate surface area is 89.8 Å². The first-order valence-corrected chi connectivity index (χ1v) is 5.77. The summed E-state index contributed by atoms with van der Waals surface area (Å²) in [4.78, 5) is 1.48. The molecule has 1 nitrogen and oxygen atoms in total. The van der Waals surface area contributed by atoms with Gasteiger partial charge in [-0.05, 0) is 41.8 Å². The van der Waals surface area contributed by atoms with Crippen molar-refractivity contribution in [1.82, 2.24) is 5.32 Å². The molecule has 3 rings (SSSR count). The van der Waals surface area contributed by atoms with Crippen LogP contribution in [0, 0.1) is 11.8 Å². The minimum Gasteiger partial charge on any atom is -0.316 e. The number of hydrogen-bond acceptors (Lipinski definition) is 2. The van der Waals surface area contributed by atoms with Gasteiger partial charge in [-0.15, -0.1) is 11.3 Å². The minimum atomic E-state index is 0. The molecule has 0 aromatic carbocycles. The second-order valence-corrected chi connectivity index (χ2v) is 4.90. The van der Waals surface area contributed by atoms with Gasteiger partial charge in [0, 0.05) is 11.4 Å². The van der Waals surface area contributed by atoms with Crippen LogP contribution in [-0.4, -0.2) is 13.1 Å². The summed E-state index contributed by atoms with van der Waals surface area (Å²) in [5.74, 6) is 1.70. The minimum absolute atomic E-state index is 0. The van der Waals surface area contributed by atoms with Crippen LogP contribution in [0.15, 0.2) is 23.6 Å². The summed E-state index contributed by atoms with van der Waals surface area (Å²) < 4.78 is 0. The summed E-state index contributed by atoms with van der Waals surface area (Å²) in [6, 6.07) is 4.39. The van der Waals surface area contributed by atoms with Crippen LogP contribution in [0.3, 0.4) is 0 Å². The first-order valence-electron chi connectivity index (χ1n) is 4.89. The monoisotopic (exact) mass is 207 g/mol. The molecule has 0 amide bonds. The Morgan fingerprint density at radius 1 is 1.36 bits per heavy atom. The predicted octanol–water partition coefficient (Wildman–Crippen LogP) is 3.01. The van der Waals surface area contributed by atoms with E-state index in [1.807, 2.05) is 11.3 Å². The second kappa shape index (κ2) is 3.87. The van der Waals surface area contributed by atoms with E-state index >= 15 is 0 Å². The lowest BCUT2D eigenvalue weighted by Crippen LogP contribution is -2.08. The third-order valence-corrected chi connectivity index (χ3v) is 4.07. The molecule has 1 N–H and O–H groups in total. The maximum absolute atomic E-state index is 3.45. The molecule has 1 aliphatic heterocycles. The molecule has 0 spiro atoms. The van der Waals surface area contributed by atoms with E-state index in [2.05, 4.69) is 28.9 Å². The van der Waals surface area contributed by atoms with Gasteiger partial charge in [-0.1, -0.05) is 19.6 Å². The van der Waals surface area contributed by atoms with Crippen LogP contribution in [0.5, 0.6) is 0 Å². The van der Waals surface area contributed by atoms with Crippen LogP contribution in [0.1, 0.15) is 18.7 Å². The highest BCUT2D eigenvalue weighted by molar-refractivity contribution is 7.11. The van der Waals surface area contributed by atoms with Crippen molar-refractivity contribution in [2.24, 2.45) is 11.8 Å². The Balaban J connectivity index is 0.000000750. The van der Waals surface area contributed by atoms with Crippen LogP contribution >= 0.6 is 11.3 Å². The van der Waals surface area contributed by atoms with Crippen molar-refractivity contribution in [1.29, 1.82) is 0 Å². The Morgan fingerprint density at radius 3 is 3.00 bits per heavy atom. The lowest BCUT2D eigenvalue weighted by atomic mass is 10.00. The van der Waals surface area contributed by atoms with Gasteiger partial charge < -0.3 is 5.32 Å². The number of nitrogens with one attached hydrogen (secondary N) is 1. The first-order chi connectivity index (χ1) is 6.43. The summed E-state index contributed by atoms with van der Waals surface area (Å²) in [7, 11) is 0. The molecule has 0 bridgehead atoms. The highest BCUT2D eigenvalue weighted by Crippen LogP contribution is 2.39. The van der Waals surface area contributed by atoms with Gasteiger partial charge in [0.05, 0.1) is 0 Å². The third-order valence-electron chi connectivity index (χ3n) is 3.13. The van der Waals surface area contributed by atoms with Crippen LogP contribution in [0.2, 0.25) is 0 Å². The predicted molar refractivity (Wildman–Crippen MR) is 63.5 cm³/mol. The van der Waals surface area contributed by atoms with E-state index in [-0.39, 0.29) is 7.43 Å². The molecule has 1 saturated heterocycles. The topological polar surface area (TPSA) is 12.0 Å². The molecule has 1 aromatic rings. The van der Waals surface area contributed by atoms with Crippen molar-refractivity contribution in [3.05, 3.63) is 28.5 Å². The molecule has 2 aliphatic rings. The summed E-state index contributed by atoms with van der Waals surface area (Å²) in [6.45, 7) is 2.41. The molecule has 2 unspecified atom stereocenters. The lowest BCUT2D eigenvalue weighted by molar-refractivity contribution is 0.536. The van der Waals surface area contributed by atoms with Crippen molar-refractivity contribution in [2.45, 2.75) is 13.8 Å². The summed E-state index contributed by atoms with van der Waals surface area (Å²) in [5.41, 5.74) is 1.59. The molecule has 0 radical (unpaired) electrons. The zero-order valence-corrected chi connectivity index (χ0v) is 8.31. The molecule has 1 fully saturated rings. The van der Waals surface area contributed by atoms with Gasteiger partial charge in [-0.25, -0.2) is 0 Å². The van der Waals surface area contributed by atoms with Crippen molar-refractivity contribution < 1.29 is 0 Å². The zero-order valence-electron chi connectivity index (χ0n) is 7.49. The van der Waals surface area contributed by atoms with Gasteiger partial charge in [0.15, 0.2) is 0 Å². The number of fused-ring (bicyclic) bond motifs is 1. The maximum Gasteiger partial charge on any atom is 0.0299 e. The Morgan fingerprint density at radius 2 is 2.29 bits per heavy atom. The Kier molecular flexibility index (Phi) is 2.75. The van der Waals surface area contributed by atoms with E-state index in [1.54, 1.807) is 5.57 Å². The van der Waals surface area contributed by atoms with E-state index in [9.17, 15) is 0 Å². The average Bonchev–Trinajstić information content (AvgIpc) is 2.78.